The number of nitrogens with one attached hydrogen (secondary N) is 1. The molecule has 0 aliphatic carbocycles. The Morgan fingerprint density at radius 3 is 2.81 bits per heavy atom. The summed E-state index contributed by atoms with van der Waals surface area (Å²) in [5.74, 6) is 0. The number of rotatable bonds is 4. The maximum atomic E-state index is 6.38. The van der Waals surface area contributed by atoms with Crippen LogP contribution in [0.4, 0.5) is 0 Å². The Hall–Kier alpha value is -0.130. The predicted octanol–water partition coefficient (Wildman–Crippen LogP) is 2.87. The van der Waals surface area contributed by atoms with Gasteiger partial charge in [0.2, 0.25) is 0 Å². The SMILES string of the molecule is CNC(Cc1ccc(Br)cc1Cl)C1CN(C)CCCN1C. The lowest BCUT2D eigenvalue weighted by molar-refractivity contribution is 0.181. The van der Waals surface area contributed by atoms with E-state index in [4.69, 9.17) is 11.6 Å². The van der Waals surface area contributed by atoms with Gasteiger partial charge >= 0.3 is 0 Å². The first-order valence-corrected chi connectivity index (χ1v) is 8.68. The Labute approximate surface area is 141 Å². The number of nitrogens with zero attached hydrogens (tertiary/aromatic N) is 2. The summed E-state index contributed by atoms with van der Waals surface area (Å²) in [6.45, 7) is 3.42. The van der Waals surface area contributed by atoms with E-state index in [1.165, 1.54) is 18.5 Å². The van der Waals surface area contributed by atoms with Gasteiger partial charge in [-0.05, 0) is 64.8 Å². The van der Waals surface area contributed by atoms with E-state index in [1.807, 2.05) is 6.07 Å². The topological polar surface area (TPSA) is 18.5 Å². The molecule has 1 aromatic carbocycles. The molecule has 1 aromatic rings. The van der Waals surface area contributed by atoms with Crippen molar-refractivity contribution in [3.63, 3.8) is 0 Å². The fourth-order valence-corrected chi connectivity index (χ4v) is 3.85. The maximum Gasteiger partial charge on any atom is 0.0449 e. The Morgan fingerprint density at radius 1 is 1.38 bits per heavy atom. The highest BCUT2D eigenvalue weighted by Crippen LogP contribution is 2.24. The lowest BCUT2D eigenvalue weighted by Gasteiger charge is -2.34. The summed E-state index contributed by atoms with van der Waals surface area (Å²) in [5, 5.41) is 4.34. The molecular formula is C16H25BrClN3. The molecule has 2 rings (SSSR count). The highest BCUT2D eigenvalue weighted by atomic mass is 79.9. The van der Waals surface area contributed by atoms with Crippen LogP contribution in [0.25, 0.3) is 0 Å². The van der Waals surface area contributed by atoms with Crippen LogP contribution < -0.4 is 5.32 Å². The van der Waals surface area contributed by atoms with Gasteiger partial charge in [-0.25, -0.2) is 0 Å². The van der Waals surface area contributed by atoms with Crippen LogP contribution >= 0.6 is 27.5 Å². The molecule has 5 heteroatoms. The smallest absolute Gasteiger partial charge is 0.0449 e. The molecule has 21 heavy (non-hydrogen) atoms. The van der Waals surface area contributed by atoms with Crippen LogP contribution in [0.3, 0.4) is 0 Å². The molecule has 1 aliphatic heterocycles. The van der Waals surface area contributed by atoms with Gasteiger partial charge in [0.05, 0.1) is 0 Å². The van der Waals surface area contributed by atoms with Crippen LogP contribution in [0.2, 0.25) is 5.02 Å². The molecule has 0 radical (unpaired) electrons. The summed E-state index contributed by atoms with van der Waals surface area (Å²) >= 11 is 9.85. The Balaban J connectivity index is 2.14. The van der Waals surface area contributed by atoms with E-state index >= 15 is 0 Å². The van der Waals surface area contributed by atoms with E-state index in [-0.39, 0.29) is 0 Å². The molecule has 1 fully saturated rings. The first kappa shape index (κ1) is 17.2. The van der Waals surface area contributed by atoms with Crippen molar-refractivity contribution in [1.82, 2.24) is 15.1 Å². The Morgan fingerprint density at radius 2 is 2.14 bits per heavy atom. The number of halogens is 2. The fraction of sp³-hybridized carbons (Fsp3) is 0.625. The van der Waals surface area contributed by atoms with Crippen LogP contribution in [0.1, 0.15) is 12.0 Å². The van der Waals surface area contributed by atoms with Crippen molar-refractivity contribution in [3.8, 4) is 0 Å². The van der Waals surface area contributed by atoms with Crippen molar-refractivity contribution in [2.75, 3.05) is 40.8 Å². The molecule has 1 aliphatic rings. The van der Waals surface area contributed by atoms with Gasteiger partial charge in [0, 0.05) is 28.1 Å². The molecule has 1 heterocycles. The number of hydrogen-bond donors (Lipinski definition) is 1. The minimum atomic E-state index is 0.397. The van der Waals surface area contributed by atoms with E-state index in [0.29, 0.717) is 12.1 Å². The van der Waals surface area contributed by atoms with Crippen molar-refractivity contribution in [3.05, 3.63) is 33.3 Å². The van der Waals surface area contributed by atoms with Gasteiger partial charge in [-0.1, -0.05) is 33.6 Å². The second-order valence-electron chi connectivity index (χ2n) is 6.00. The van der Waals surface area contributed by atoms with E-state index < -0.39 is 0 Å². The summed E-state index contributed by atoms with van der Waals surface area (Å²) in [6, 6.07) is 7.07. The summed E-state index contributed by atoms with van der Waals surface area (Å²) in [6.07, 6.45) is 2.18. The quantitative estimate of drug-likeness (QED) is 0.874. The molecular weight excluding hydrogens is 350 g/mol. The molecule has 0 saturated carbocycles. The Kier molecular flexibility index (Phi) is 6.51. The van der Waals surface area contributed by atoms with Crippen LogP contribution in [0.5, 0.6) is 0 Å². The third-order valence-corrected chi connectivity index (χ3v) is 5.25. The maximum absolute atomic E-state index is 6.38. The van der Waals surface area contributed by atoms with E-state index in [1.54, 1.807) is 0 Å². The van der Waals surface area contributed by atoms with Gasteiger partial charge in [0.15, 0.2) is 0 Å². The third kappa shape index (κ3) is 4.67. The van der Waals surface area contributed by atoms with Crippen LogP contribution in [-0.4, -0.2) is 62.7 Å². The third-order valence-electron chi connectivity index (χ3n) is 4.41. The highest BCUT2D eigenvalue weighted by molar-refractivity contribution is 9.10. The first-order valence-electron chi connectivity index (χ1n) is 7.51. The van der Waals surface area contributed by atoms with E-state index in [2.05, 4.69) is 64.3 Å². The van der Waals surface area contributed by atoms with Crippen molar-refractivity contribution >= 4 is 27.5 Å². The molecule has 0 amide bonds. The summed E-state index contributed by atoms with van der Waals surface area (Å²) in [4.78, 5) is 4.92. The Bertz CT molecular complexity index is 469. The average molecular weight is 375 g/mol. The van der Waals surface area contributed by atoms with Crippen molar-refractivity contribution in [2.45, 2.75) is 24.9 Å². The lowest BCUT2D eigenvalue weighted by atomic mass is 9.98. The second kappa shape index (κ2) is 7.93. The van der Waals surface area contributed by atoms with E-state index in [9.17, 15) is 0 Å². The summed E-state index contributed by atoms with van der Waals surface area (Å²) < 4.78 is 1.03. The largest absolute Gasteiger partial charge is 0.315 e. The molecule has 0 spiro atoms. The molecule has 2 atom stereocenters. The molecule has 2 unspecified atom stereocenters. The molecule has 118 valence electrons. The molecule has 1 saturated heterocycles. The zero-order valence-electron chi connectivity index (χ0n) is 13.1. The van der Waals surface area contributed by atoms with Gasteiger partial charge in [0.25, 0.3) is 0 Å². The zero-order valence-corrected chi connectivity index (χ0v) is 15.4. The number of benzene rings is 1. The zero-order chi connectivity index (χ0) is 15.4. The monoisotopic (exact) mass is 373 g/mol. The lowest BCUT2D eigenvalue weighted by Crippen LogP contribution is -2.52. The van der Waals surface area contributed by atoms with Gasteiger partial charge in [-0.15, -0.1) is 0 Å². The summed E-state index contributed by atoms with van der Waals surface area (Å²) in [5.41, 5.74) is 1.21. The molecule has 0 bridgehead atoms. The second-order valence-corrected chi connectivity index (χ2v) is 7.32. The predicted molar refractivity (Wildman–Crippen MR) is 94.2 cm³/mol. The molecule has 3 nitrogen and oxygen atoms in total. The summed E-state index contributed by atoms with van der Waals surface area (Å²) in [7, 11) is 6.50. The van der Waals surface area contributed by atoms with Gasteiger partial charge in [-0.3, -0.25) is 0 Å². The minimum Gasteiger partial charge on any atom is -0.315 e. The van der Waals surface area contributed by atoms with Crippen molar-refractivity contribution in [1.29, 1.82) is 0 Å². The van der Waals surface area contributed by atoms with Crippen LogP contribution in [0, 0.1) is 0 Å². The van der Waals surface area contributed by atoms with Crippen LogP contribution in [0.15, 0.2) is 22.7 Å². The van der Waals surface area contributed by atoms with Crippen molar-refractivity contribution < 1.29 is 0 Å². The molecule has 1 N–H and O–H groups in total. The molecule has 0 aromatic heterocycles. The van der Waals surface area contributed by atoms with E-state index in [0.717, 1.165) is 29.0 Å². The van der Waals surface area contributed by atoms with Gasteiger partial charge < -0.3 is 15.1 Å². The van der Waals surface area contributed by atoms with Gasteiger partial charge in [0.1, 0.15) is 0 Å². The fourth-order valence-electron chi connectivity index (χ4n) is 3.09. The number of likely N-dealkylation sites (N-methyl/N-ethyl adjacent to an activating group) is 3. The highest BCUT2D eigenvalue weighted by Gasteiger charge is 2.28. The van der Waals surface area contributed by atoms with Gasteiger partial charge in [-0.2, -0.15) is 0 Å². The minimum absolute atomic E-state index is 0.397. The first-order chi connectivity index (χ1) is 10.0. The van der Waals surface area contributed by atoms with Crippen LogP contribution in [-0.2, 0) is 6.42 Å². The van der Waals surface area contributed by atoms with Crippen molar-refractivity contribution in [2.24, 2.45) is 0 Å². The average Bonchev–Trinajstić information content (AvgIpc) is 2.60. The standard InChI is InChI=1S/C16H25BrClN3/c1-19-15(9-12-5-6-13(17)10-14(12)18)16-11-20(2)7-4-8-21(16)3/h5-6,10,15-16,19H,4,7-9,11H2,1-3H3. The normalized spacial score (nSPS) is 23.0. The number of hydrogen-bond acceptors (Lipinski definition) is 3.